The van der Waals surface area contributed by atoms with Crippen LogP contribution in [0.15, 0.2) is 43.0 Å². The Balaban J connectivity index is 0.861. The van der Waals surface area contributed by atoms with Crippen molar-refractivity contribution in [1.82, 2.24) is 48.9 Å². The van der Waals surface area contributed by atoms with Gasteiger partial charge >= 0.3 is 6.18 Å². The number of amides is 2. The summed E-state index contributed by atoms with van der Waals surface area (Å²) < 4.78 is 43.6. The summed E-state index contributed by atoms with van der Waals surface area (Å²) in [6, 6.07) is 6.09. The van der Waals surface area contributed by atoms with E-state index in [-0.39, 0.29) is 24.5 Å². The predicted molar refractivity (Wildman–Crippen MR) is 172 cm³/mol. The lowest BCUT2D eigenvalue weighted by molar-refractivity contribution is -0.151. The van der Waals surface area contributed by atoms with Crippen LogP contribution in [0.5, 0.6) is 0 Å². The second-order valence-electron chi connectivity index (χ2n) is 13.5. The second-order valence-corrected chi connectivity index (χ2v) is 13.5. The van der Waals surface area contributed by atoms with Crippen molar-refractivity contribution in [2.45, 2.75) is 82.5 Å². The van der Waals surface area contributed by atoms with E-state index in [4.69, 9.17) is 4.98 Å². The lowest BCUT2D eigenvalue weighted by Gasteiger charge is -2.42. The van der Waals surface area contributed by atoms with E-state index in [0.717, 1.165) is 64.1 Å². The normalized spacial score (nSPS) is 21.8. The van der Waals surface area contributed by atoms with Crippen LogP contribution in [0.2, 0.25) is 0 Å². The molecule has 4 aromatic heterocycles. The number of nitrogens with one attached hydrogen (secondary N) is 1. The zero-order valence-electron chi connectivity index (χ0n) is 27.0. The number of aromatic nitrogens is 7. The van der Waals surface area contributed by atoms with Gasteiger partial charge in [-0.2, -0.15) is 28.4 Å². The molecule has 49 heavy (non-hydrogen) atoms. The summed E-state index contributed by atoms with van der Waals surface area (Å²) in [6.45, 7) is 5.43. The maximum atomic E-state index is 13.2. The Morgan fingerprint density at radius 2 is 1.73 bits per heavy atom. The van der Waals surface area contributed by atoms with E-state index in [1.54, 1.807) is 32.7 Å². The maximum absolute atomic E-state index is 13.2. The van der Waals surface area contributed by atoms with Crippen LogP contribution in [0.3, 0.4) is 0 Å². The number of halogens is 3. The van der Waals surface area contributed by atoms with E-state index >= 15 is 0 Å². The molecule has 0 aliphatic carbocycles. The first-order valence-corrected chi connectivity index (χ1v) is 17.0. The van der Waals surface area contributed by atoms with Crippen LogP contribution in [-0.2, 0) is 29.2 Å². The lowest BCUT2D eigenvalue weighted by atomic mass is 10.0. The molecular weight excluding hydrogens is 641 g/mol. The standard InChI is InChI=1S/C32H39F3N12O2/c33-32(34,35)9-5-28(48)47-25-3-4-26(47)20-43(19-25)27-2-1-11-46-30(27)39-31(40-46)38-22-16-37-44(17-22)21-29(49)41-12-7-23(8-13-41)42-14-15-45-24(18-42)6-10-36-45/h1-2,6,10-11,16-17,23,25-26H,3-5,7-9,12-15,18-21H2,(H,38,40). The molecule has 14 nitrogen and oxygen atoms in total. The molecule has 17 heteroatoms. The average molecular weight is 681 g/mol. The maximum Gasteiger partial charge on any atom is 0.389 e. The van der Waals surface area contributed by atoms with Gasteiger partial charge in [-0.15, -0.1) is 5.10 Å². The van der Waals surface area contributed by atoms with Crippen molar-refractivity contribution in [3.63, 3.8) is 0 Å². The minimum Gasteiger partial charge on any atom is -0.364 e. The summed E-state index contributed by atoms with van der Waals surface area (Å²) in [4.78, 5) is 38.9. The van der Waals surface area contributed by atoms with Gasteiger partial charge in [-0.3, -0.25) is 23.9 Å². The first-order valence-electron chi connectivity index (χ1n) is 17.0. The van der Waals surface area contributed by atoms with E-state index in [1.807, 2.05) is 23.2 Å². The van der Waals surface area contributed by atoms with Gasteiger partial charge in [-0.25, -0.2) is 4.52 Å². The number of piperazine rings is 1. The number of anilines is 3. The number of pyridine rings is 1. The van der Waals surface area contributed by atoms with Crippen molar-refractivity contribution in [3.05, 3.63) is 48.7 Å². The molecule has 3 fully saturated rings. The quantitative estimate of drug-likeness (QED) is 0.299. The summed E-state index contributed by atoms with van der Waals surface area (Å²) >= 11 is 0. The number of nitrogens with zero attached hydrogens (tertiary/aromatic N) is 11. The molecule has 2 bridgehead atoms. The summed E-state index contributed by atoms with van der Waals surface area (Å²) in [5, 5.41) is 16.5. The molecule has 8 rings (SSSR count). The minimum atomic E-state index is -4.35. The number of carbonyl (C=O) groups is 2. The zero-order chi connectivity index (χ0) is 33.7. The van der Waals surface area contributed by atoms with Crippen molar-refractivity contribution in [1.29, 1.82) is 0 Å². The van der Waals surface area contributed by atoms with Crippen LogP contribution in [0, 0.1) is 0 Å². The SMILES string of the molecule is O=C(Cn1cc(Nc2nc3c(N4CC5CCC(C4)N5C(=O)CCC(F)(F)F)cccn3n2)cn1)N1CCC(N2CCn3nccc3C2)CC1. The van der Waals surface area contributed by atoms with Crippen molar-refractivity contribution in [2.24, 2.45) is 0 Å². The molecule has 2 unspecified atom stereocenters. The summed E-state index contributed by atoms with van der Waals surface area (Å²) in [7, 11) is 0. The Hall–Kier alpha value is -4.67. The summed E-state index contributed by atoms with van der Waals surface area (Å²) in [6.07, 6.45) is 4.53. The first-order chi connectivity index (χ1) is 23.7. The van der Waals surface area contributed by atoms with E-state index in [0.29, 0.717) is 36.4 Å². The van der Waals surface area contributed by atoms with Gasteiger partial charge in [0.05, 0.1) is 36.2 Å². The van der Waals surface area contributed by atoms with Crippen LogP contribution < -0.4 is 10.2 Å². The van der Waals surface area contributed by atoms with Crippen molar-refractivity contribution < 1.29 is 22.8 Å². The predicted octanol–water partition coefficient (Wildman–Crippen LogP) is 2.89. The Morgan fingerprint density at radius 3 is 2.51 bits per heavy atom. The lowest BCUT2D eigenvalue weighted by Crippen LogP contribution is -2.56. The highest BCUT2D eigenvalue weighted by Crippen LogP contribution is 2.35. The molecule has 2 amide bonds. The van der Waals surface area contributed by atoms with Gasteiger partial charge in [0.15, 0.2) is 5.65 Å². The molecule has 1 N–H and O–H groups in total. The zero-order valence-corrected chi connectivity index (χ0v) is 27.0. The van der Waals surface area contributed by atoms with Crippen LogP contribution in [0.1, 0.15) is 44.2 Å². The van der Waals surface area contributed by atoms with Crippen molar-refractivity contribution >= 4 is 34.8 Å². The van der Waals surface area contributed by atoms with Gasteiger partial charge in [-0.05, 0) is 43.9 Å². The van der Waals surface area contributed by atoms with Gasteiger partial charge in [0.25, 0.3) is 0 Å². The van der Waals surface area contributed by atoms with Crippen LogP contribution >= 0.6 is 0 Å². The highest BCUT2D eigenvalue weighted by molar-refractivity contribution is 5.79. The van der Waals surface area contributed by atoms with Gasteiger partial charge in [-0.1, -0.05) is 0 Å². The fourth-order valence-electron chi connectivity index (χ4n) is 7.96. The number of hydrogen-bond donors (Lipinski definition) is 1. The highest BCUT2D eigenvalue weighted by atomic mass is 19.4. The Kier molecular flexibility index (Phi) is 8.16. The molecule has 0 aromatic carbocycles. The third-order valence-corrected chi connectivity index (χ3v) is 10.4. The van der Waals surface area contributed by atoms with Gasteiger partial charge in [0.2, 0.25) is 17.8 Å². The number of piperidine rings is 1. The molecular formula is C32H39F3N12O2. The molecule has 0 saturated carbocycles. The topological polar surface area (TPSA) is 125 Å². The van der Waals surface area contributed by atoms with Crippen LogP contribution in [-0.4, -0.2) is 118 Å². The molecule has 0 spiro atoms. The number of rotatable bonds is 8. The molecule has 2 atom stereocenters. The minimum absolute atomic E-state index is 0.0384. The van der Waals surface area contributed by atoms with Crippen LogP contribution in [0.25, 0.3) is 5.65 Å². The molecule has 260 valence electrons. The van der Waals surface area contributed by atoms with Gasteiger partial charge in [0, 0.05) is 82.4 Å². The average Bonchev–Trinajstić information content (AvgIpc) is 3.88. The van der Waals surface area contributed by atoms with E-state index in [9.17, 15) is 22.8 Å². The summed E-state index contributed by atoms with van der Waals surface area (Å²) in [5.41, 5.74) is 3.37. The number of fused-ring (bicyclic) bond motifs is 4. The smallest absolute Gasteiger partial charge is 0.364 e. The number of hydrogen-bond acceptors (Lipinski definition) is 9. The second kappa shape index (κ2) is 12.7. The third-order valence-electron chi connectivity index (χ3n) is 10.4. The fourth-order valence-corrected chi connectivity index (χ4v) is 7.96. The van der Waals surface area contributed by atoms with Gasteiger partial charge < -0.3 is 20.0 Å². The van der Waals surface area contributed by atoms with Crippen LogP contribution in [0.4, 0.5) is 30.5 Å². The molecule has 0 radical (unpaired) electrons. The Bertz CT molecular complexity index is 1810. The fraction of sp³-hybridized carbons (Fsp3) is 0.562. The first kappa shape index (κ1) is 31.6. The Morgan fingerprint density at radius 1 is 0.939 bits per heavy atom. The van der Waals surface area contributed by atoms with E-state index in [2.05, 4.69) is 41.2 Å². The third kappa shape index (κ3) is 6.55. The monoisotopic (exact) mass is 680 g/mol. The molecule has 4 aromatic rings. The van der Waals surface area contributed by atoms with Gasteiger partial charge in [0.1, 0.15) is 6.54 Å². The Labute approximate surface area is 280 Å². The summed E-state index contributed by atoms with van der Waals surface area (Å²) in [5.74, 6) is -0.0207. The van der Waals surface area contributed by atoms with Crippen molar-refractivity contribution in [3.8, 4) is 0 Å². The number of alkyl halides is 3. The molecule has 8 heterocycles. The molecule has 4 aliphatic rings. The largest absolute Gasteiger partial charge is 0.389 e. The van der Waals surface area contributed by atoms with Crippen molar-refractivity contribution in [2.75, 3.05) is 42.9 Å². The highest BCUT2D eigenvalue weighted by Gasteiger charge is 2.43. The molecule has 3 saturated heterocycles. The van der Waals surface area contributed by atoms with E-state index < -0.39 is 24.9 Å². The number of likely N-dealkylation sites (tertiary alicyclic amines) is 1. The van der Waals surface area contributed by atoms with E-state index in [1.165, 1.54) is 5.69 Å². The number of carbonyl (C=O) groups excluding carboxylic acids is 2. The molecule has 4 aliphatic heterocycles.